The minimum absolute atomic E-state index is 0.00457. The van der Waals surface area contributed by atoms with Crippen molar-refractivity contribution in [3.63, 3.8) is 0 Å². The number of hydrogen-bond donors (Lipinski definition) is 3. The van der Waals surface area contributed by atoms with Crippen molar-refractivity contribution < 1.29 is 14.3 Å². The van der Waals surface area contributed by atoms with Crippen LogP contribution in [0.2, 0.25) is 0 Å². The smallest absolute Gasteiger partial charge is 0.323 e. The van der Waals surface area contributed by atoms with Gasteiger partial charge in [0.05, 0.1) is 12.7 Å². The molecule has 7 heteroatoms. The van der Waals surface area contributed by atoms with Gasteiger partial charge in [-0.1, -0.05) is 36.4 Å². The number of piperidine rings is 1. The Morgan fingerprint density at radius 1 is 0.919 bits per heavy atom. The molecule has 0 saturated carbocycles. The van der Waals surface area contributed by atoms with E-state index >= 15 is 0 Å². The highest BCUT2D eigenvalue weighted by Gasteiger charge is 2.24. The average molecular weight is 501 g/mol. The third-order valence-electron chi connectivity index (χ3n) is 6.57. The lowest BCUT2D eigenvalue weighted by Gasteiger charge is -2.35. The molecule has 1 saturated heterocycles. The molecule has 7 nitrogen and oxygen atoms in total. The van der Waals surface area contributed by atoms with Crippen LogP contribution in [-0.4, -0.2) is 38.2 Å². The molecule has 37 heavy (non-hydrogen) atoms. The van der Waals surface area contributed by atoms with Gasteiger partial charge in [-0.3, -0.25) is 4.79 Å². The molecule has 0 radical (unpaired) electrons. The lowest BCUT2D eigenvalue weighted by Crippen LogP contribution is -2.37. The van der Waals surface area contributed by atoms with E-state index in [4.69, 9.17) is 4.74 Å². The molecule has 0 spiro atoms. The van der Waals surface area contributed by atoms with Crippen molar-refractivity contribution in [3.8, 4) is 5.75 Å². The van der Waals surface area contributed by atoms with Crippen LogP contribution in [0.3, 0.4) is 0 Å². The summed E-state index contributed by atoms with van der Waals surface area (Å²) in [7, 11) is 1.58. The lowest BCUT2D eigenvalue weighted by molar-refractivity contribution is 0.0943. The van der Waals surface area contributed by atoms with Crippen molar-refractivity contribution in [1.82, 2.24) is 5.32 Å². The number of benzene rings is 3. The van der Waals surface area contributed by atoms with E-state index < -0.39 is 6.03 Å². The van der Waals surface area contributed by atoms with E-state index in [1.807, 2.05) is 32.0 Å². The largest absolute Gasteiger partial charge is 0.497 e. The van der Waals surface area contributed by atoms with Crippen LogP contribution in [0.15, 0.2) is 72.8 Å². The Morgan fingerprint density at radius 2 is 1.62 bits per heavy atom. The van der Waals surface area contributed by atoms with Gasteiger partial charge < -0.3 is 25.6 Å². The maximum absolute atomic E-state index is 13.1. The highest BCUT2D eigenvalue weighted by atomic mass is 16.5. The summed E-state index contributed by atoms with van der Waals surface area (Å²) in [6, 6.07) is 22.9. The van der Waals surface area contributed by atoms with Crippen LogP contribution < -0.4 is 25.6 Å². The van der Waals surface area contributed by atoms with Crippen LogP contribution >= 0.6 is 0 Å². The van der Waals surface area contributed by atoms with E-state index in [1.165, 1.54) is 5.56 Å². The monoisotopic (exact) mass is 500 g/mol. The van der Waals surface area contributed by atoms with Crippen molar-refractivity contribution in [2.75, 3.05) is 35.7 Å². The Bertz CT molecular complexity index is 1200. The Morgan fingerprint density at radius 3 is 2.30 bits per heavy atom. The van der Waals surface area contributed by atoms with Gasteiger partial charge in [0.1, 0.15) is 5.75 Å². The first-order valence-electron chi connectivity index (χ1n) is 12.9. The highest BCUT2D eigenvalue weighted by molar-refractivity contribution is 6.04. The summed E-state index contributed by atoms with van der Waals surface area (Å²) in [6.45, 7) is 5.66. The molecule has 0 bridgehead atoms. The van der Waals surface area contributed by atoms with Gasteiger partial charge in [-0.05, 0) is 74.9 Å². The summed E-state index contributed by atoms with van der Waals surface area (Å²) in [4.78, 5) is 28.1. The number of amides is 3. The fraction of sp³-hybridized carbons (Fsp3) is 0.333. The van der Waals surface area contributed by atoms with Gasteiger partial charge in [0.15, 0.2) is 0 Å². The molecule has 194 valence electrons. The fourth-order valence-electron chi connectivity index (χ4n) is 4.73. The van der Waals surface area contributed by atoms with Crippen LogP contribution in [0.4, 0.5) is 21.9 Å². The average Bonchev–Trinajstić information content (AvgIpc) is 2.89. The zero-order chi connectivity index (χ0) is 26.2. The molecule has 0 unspecified atom stereocenters. The molecule has 3 aromatic rings. The maximum Gasteiger partial charge on any atom is 0.323 e. The number of urea groups is 1. The predicted octanol–water partition coefficient (Wildman–Crippen LogP) is 5.94. The summed E-state index contributed by atoms with van der Waals surface area (Å²) in [6.07, 6.45) is 3.23. The molecule has 0 aliphatic carbocycles. The minimum Gasteiger partial charge on any atom is -0.497 e. The molecule has 3 N–H and O–H groups in total. The van der Waals surface area contributed by atoms with Gasteiger partial charge >= 0.3 is 6.03 Å². The lowest BCUT2D eigenvalue weighted by atomic mass is 9.89. The highest BCUT2D eigenvalue weighted by Crippen LogP contribution is 2.30. The molecule has 0 aromatic heterocycles. The molecule has 1 aliphatic heterocycles. The van der Waals surface area contributed by atoms with Gasteiger partial charge in [0.25, 0.3) is 5.91 Å². The molecule has 1 aliphatic rings. The zero-order valence-electron chi connectivity index (χ0n) is 21.8. The Kier molecular flexibility index (Phi) is 8.67. The number of rotatable bonds is 8. The normalized spacial score (nSPS) is 13.8. The molecule has 1 fully saturated rings. The van der Waals surface area contributed by atoms with Crippen molar-refractivity contribution in [3.05, 3.63) is 83.9 Å². The molecule has 0 atom stereocenters. The van der Waals surface area contributed by atoms with Gasteiger partial charge in [-0.15, -0.1) is 0 Å². The number of hydrogen-bond acceptors (Lipinski definition) is 4. The number of anilines is 3. The fourth-order valence-corrected chi connectivity index (χ4v) is 4.73. The van der Waals surface area contributed by atoms with E-state index in [1.54, 1.807) is 31.4 Å². The number of nitrogens with one attached hydrogen (secondary N) is 3. The molecule has 4 rings (SSSR count). The Balaban J connectivity index is 1.46. The van der Waals surface area contributed by atoms with Crippen LogP contribution in [0.5, 0.6) is 5.75 Å². The van der Waals surface area contributed by atoms with Crippen molar-refractivity contribution in [1.29, 1.82) is 0 Å². The van der Waals surface area contributed by atoms with Crippen molar-refractivity contribution in [2.45, 2.75) is 39.2 Å². The number of methoxy groups -OCH3 is 1. The molecule has 3 amide bonds. The predicted molar refractivity (Wildman–Crippen MR) is 150 cm³/mol. The first-order valence-corrected chi connectivity index (χ1v) is 12.9. The topological polar surface area (TPSA) is 82.7 Å². The summed E-state index contributed by atoms with van der Waals surface area (Å²) in [5.41, 5.74) is 4.01. The van der Waals surface area contributed by atoms with E-state index in [2.05, 4.69) is 51.2 Å². The summed E-state index contributed by atoms with van der Waals surface area (Å²) in [5.74, 6) is 1.14. The maximum atomic E-state index is 13.1. The second-order valence-electron chi connectivity index (χ2n) is 9.79. The van der Waals surface area contributed by atoms with Crippen LogP contribution in [0.25, 0.3) is 0 Å². The second-order valence-corrected chi connectivity index (χ2v) is 9.79. The van der Waals surface area contributed by atoms with Crippen LogP contribution in [0.1, 0.15) is 42.6 Å². The summed E-state index contributed by atoms with van der Waals surface area (Å²) < 4.78 is 5.21. The molecule has 1 heterocycles. The van der Waals surface area contributed by atoms with Gasteiger partial charge in [-0.25, -0.2) is 4.79 Å². The zero-order valence-corrected chi connectivity index (χ0v) is 21.8. The van der Waals surface area contributed by atoms with Gasteiger partial charge in [0, 0.05) is 42.3 Å². The van der Waals surface area contributed by atoms with E-state index in [-0.39, 0.29) is 11.9 Å². The number of carbonyl (C=O) groups is 2. The summed E-state index contributed by atoms with van der Waals surface area (Å²) >= 11 is 0. The van der Waals surface area contributed by atoms with E-state index in [0.717, 1.165) is 38.0 Å². The molecular formula is C30H36N4O3. The Labute approximate surface area is 219 Å². The first kappa shape index (κ1) is 26.1. The first-order chi connectivity index (χ1) is 17.9. The van der Waals surface area contributed by atoms with Crippen molar-refractivity contribution >= 4 is 29.0 Å². The third kappa shape index (κ3) is 7.26. The standard InChI is InChI=1S/C30H36N4O3/c1-21(2)31-29(35)27-20-25(33-30(36)32-24-10-7-11-26(19-24)37-3)12-13-28(27)34-16-14-23(15-17-34)18-22-8-5-4-6-9-22/h4-13,19-21,23H,14-18H2,1-3H3,(H,31,35)(H2,32,33,36). The SMILES string of the molecule is COc1cccc(NC(=O)Nc2ccc(N3CCC(Cc4ccccc4)CC3)c(C(=O)NC(C)C)c2)c1. The number of nitrogens with zero attached hydrogens (tertiary/aromatic N) is 1. The minimum atomic E-state index is -0.391. The van der Waals surface area contributed by atoms with Gasteiger partial charge in [-0.2, -0.15) is 0 Å². The molecule has 3 aromatic carbocycles. The van der Waals surface area contributed by atoms with Gasteiger partial charge in [0.2, 0.25) is 0 Å². The number of ether oxygens (including phenoxy) is 1. The van der Waals surface area contributed by atoms with Crippen molar-refractivity contribution in [2.24, 2.45) is 5.92 Å². The third-order valence-corrected chi connectivity index (χ3v) is 6.57. The second kappa shape index (κ2) is 12.3. The van der Waals surface area contributed by atoms with Crippen LogP contribution in [-0.2, 0) is 6.42 Å². The number of carbonyl (C=O) groups excluding carboxylic acids is 2. The van der Waals surface area contributed by atoms with Crippen LogP contribution in [0, 0.1) is 5.92 Å². The Hall–Kier alpha value is -4.00. The van der Waals surface area contributed by atoms with E-state index in [0.29, 0.717) is 28.6 Å². The molecular weight excluding hydrogens is 464 g/mol. The summed E-state index contributed by atoms with van der Waals surface area (Å²) in [5, 5.41) is 8.66. The quantitative estimate of drug-likeness (QED) is 0.358. The van der Waals surface area contributed by atoms with E-state index in [9.17, 15) is 9.59 Å².